The van der Waals surface area contributed by atoms with Crippen LogP contribution in [0.1, 0.15) is 0 Å². The van der Waals surface area contributed by atoms with Crippen molar-refractivity contribution < 1.29 is 22.2 Å². The highest BCUT2D eigenvalue weighted by molar-refractivity contribution is 7.47. The lowest BCUT2D eigenvalue weighted by atomic mass is 15.6. The van der Waals surface area contributed by atoms with E-state index < -0.39 is 7.99 Å². The predicted octanol–water partition coefficient (Wildman–Crippen LogP) is 1.93. The van der Waals surface area contributed by atoms with E-state index in [0.29, 0.717) is 0 Å². The Morgan fingerprint density at radius 1 is 1.50 bits per heavy atom. The van der Waals surface area contributed by atoms with E-state index in [2.05, 4.69) is 0 Å². The van der Waals surface area contributed by atoms with Crippen LogP contribution in [0.5, 0.6) is 0 Å². The Hall–Kier alpha value is -0.0200. The zero-order valence-electron chi connectivity index (χ0n) is 2.40. The van der Waals surface area contributed by atoms with Crippen molar-refractivity contribution in [1.29, 1.82) is 0 Å². The molecule has 38 valence electrons. The van der Waals surface area contributed by atoms with Crippen LogP contribution in [0.25, 0.3) is 0 Å². The topological polar surface area (TPSA) is 26.3 Å². The van der Waals surface area contributed by atoms with Gasteiger partial charge in [-0.05, 0) is 4.53 Å². The SMILES string of the molecule is O=P(F)(F)OF. The maximum Gasteiger partial charge on any atom is 0.583 e. The Bertz CT molecular complexity index is 72.9. The van der Waals surface area contributed by atoms with E-state index >= 15 is 0 Å². The van der Waals surface area contributed by atoms with E-state index in [9.17, 15) is 12.9 Å². The summed E-state index contributed by atoms with van der Waals surface area (Å²) < 4.78 is 41.1. The van der Waals surface area contributed by atoms with Gasteiger partial charge in [-0.15, -0.1) is 8.39 Å². The molecule has 0 radical (unpaired) electrons. The normalized spacial score (nSPS) is 11.8. The molecule has 0 unspecified atom stereocenters. The molecular weight excluding hydrogens is 120 g/mol. The van der Waals surface area contributed by atoms with Gasteiger partial charge >= 0.3 is 7.99 Å². The quantitative estimate of drug-likeness (QED) is 0.494. The Morgan fingerprint density at radius 3 is 1.67 bits per heavy atom. The van der Waals surface area contributed by atoms with Crippen LogP contribution in [0.4, 0.5) is 12.9 Å². The van der Waals surface area contributed by atoms with Crippen LogP contribution in [0.2, 0.25) is 0 Å². The summed E-state index contributed by atoms with van der Waals surface area (Å²) in [5.74, 6) is 0. The van der Waals surface area contributed by atoms with Crippen LogP contribution in [-0.2, 0) is 9.29 Å². The van der Waals surface area contributed by atoms with Crippen LogP contribution >= 0.6 is 7.99 Å². The van der Waals surface area contributed by atoms with Crippen LogP contribution in [0.3, 0.4) is 0 Å². The van der Waals surface area contributed by atoms with Gasteiger partial charge in [0.2, 0.25) is 0 Å². The average molecular weight is 120 g/mol. The van der Waals surface area contributed by atoms with Gasteiger partial charge in [-0.1, -0.05) is 4.73 Å². The fourth-order valence-electron chi connectivity index (χ4n) is 0. The predicted molar refractivity (Wildman–Crippen MR) is 12.0 cm³/mol. The third-order valence-electron chi connectivity index (χ3n) is 0.0803. The van der Waals surface area contributed by atoms with Crippen molar-refractivity contribution in [3.8, 4) is 0 Å². The molecule has 0 aromatic carbocycles. The van der Waals surface area contributed by atoms with Crippen molar-refractivity contribution in [3.05, 3.63) is 0 Å². The number of rotatable bonds is 1. The summed E-state index contributed by atoms with van der Waals surface area (Å²) in [6.07, 6.45) is 0. The Balaban J connectivity index is 3.48. The number of hydrogen-bond acceptors (Lipinski definition) is 2. The smallest absolute Gasteiger partial charge is 0.216 e. The molecule has 6 heteroatoms. The van der Waals surface area contributed by atoms with E-state index in [0.717, 1.165) is 0 Å². The van der Waals surface area contributed by atoms with Gasteiger partial charge in [0.05, 0.1) is 0 Å². The first-order valence-corrected chi connectivity index (χ1v) is 2.26. The summed E-state index contributed by atoms with van der Waals surface area (Å²) in [6.45, 7) is 0. The van der Waals surface area contributed by atoms with Gasteiger partial charge in [-0.25, -0.2) is 4.57 Å². The van der Waals surface area contributed by atoms with E-state index in [1.165, 1.54) is 0 Å². The first-order valence-electron chi connectivity index (χ1n) is 0.858. The van der Waals surface area contributed by atoms with Crippen molar-refractivity contribution in [2.75, 3.05) is 0 Å². The molecule has 0 N–H and O–H groups in total. The molecule has 0 rings (SSSR count). The molecule has 6 heavy (non-hydrogen) atoms. The molecule has 0 bridgehead atoms. The van der Waals surface area contributed by atoms with Crippen molar-refractivity contribution in [1.82, 2.24) is 0 Å². The summed E-state index contributed by atoms with van der Waals surface area (Å²) in [7, 11) is -5.81. The monoisotopic (exact) mass is 120 g/mol. The van der Waals surface area contributed by atoms with Crippen LogP contribution in [-0.4, -0.2) is 0 Å². The molecule has 0 aliphatic heterocycles. The molecule has 0 aromatic rings. The molecule has 0 atom stereocenters. The molecule has 0 aromatic heterocycles. The van der Waals surface area contributed by atoms with Gasteiger partial charge in [-0.3, -0.25) is 0 Å². The lowest BCUT2D eigenvalue weighted by molar-refractivity contribution is -0.0225. The molecule has 0 spiro atoms. The fourth-order valence-corrected chi connectivity index (χ4v) is 0. The van der Waals surface area contributed by atoms with E-state index in [1.807, 2.05) is 0 Å². The third kappa shape index (κ3) is 3.98. The van der Waals surface area contributed by atoms with Gasteiger partial charge in [0.1, 0.15) is 0 Å². The molecule has 0 fully saturated rings. The summed E-state index contributed by atoms with van der Waals surface area (Å²) in [5.41, 5.74) is 0. The molecule has 0 heterocycles. The van der Waals surface area contributed by atoms with Gasteiger partial charge < -0.3 is 0 Å². The highest BCUT2D eigenvalue weighted by atomic mass is 31.2. The van der Waals surface area contributed by atoms with Crippen LogP contribution in [0.15, 0.2) is 0 Å². The molecule has 2 nitrogen and oxygen atoms in total. The Labute approximate surface area is 31.5 Å². The van der Waals surface area contributed by atoms with Crippen molar-refractivity contribution >= 4 is 7.99 Å². The summed E-state index contributed by atoms with van der Waals surface area (Å²) in [6, 6.07) is 0. The maximum absolute atomic E-state index is 10.4. The van der Waals surface area contributed by atoms with Gasteiger partial charge in [-0.2, -0.15) is 0 Å². The zero-order valence-corrected chi connectivity index (χ0v) is 3.29. The van der Waals surface area contributed by atoms with Crippen LogP contribution in [0, 0.1) is 0 Å². The lowest BCUT2D eigenvalue weighted by Crippen LogP contribution is -1.54. The van der Waals surface area contributed by atoms with E-state index in [4.69, 9.17) is 4.57 Å². The second kappa shape index (κ2) is 1.62. The highest BCUT2D eigenvalue weighted by Gasteiger charge is 2.20. The second-order valence-corrected chi connectivity index (χ2v) is 1.45. The fraction of sp³-hybridized carbons (Fsp3) is 0. The second-order valence-electron chi connectivity index (χ2n) is 0.483. The third-order valence-corrected chi connectivity index (χ3v) is 0.241. The minimum Gasteiger partial charge on any atom is -0.216 e. The lowest BCUT2D eigenvalue weighted by Gasteiger charge is -1.80. The van der Waals surface area contributed by atoms with Crippen molar-refractivity contribution in [2.24, 2.45) is 0 Å². The van der Waals surface area contributed by atoms with Crippen LogP contribution < -0.4 is 0 Å². The Morgan fingerprint density at radius 2 is 1.67 bits per heavy atom. The van der Waals surface area contributed by atoms with Crippen molar-refractivity contribution in [3.63, 3.8) is 0 Å². The largest absolute Gasteiger partial charge is 0.583 e. The average Bonchev–Trinajstić information content (AvgIpc) is 1.35. The molecule has 0 aliphatic rings. The molecule has 0 saturated carbocycles. The molecule has 0 amide bonds. The minimum atomic E-state index is -5.81. The number of hydrogen-bond donors (Lipinski definition) is 0. The molecule has 0 aliphatic carbocycles. The van der Waals surface area contributed by atoms with Gasteiger partial charge in [0, 0.05) is 0 Å². The zero-order chi connectivity index (χ0) is 5.21. The summed E-state index contributed by atoms with van der Waals surface area (Å²) in [5, 5.41) is 0. The van der Waals surface area contributed by atoms with Gasteiger partial charge in [0.15, 0.2) is 0 Å². The molecular formula is F3O2P. The summed E-state index contributed by atoms with van der Waals surface area (Å²) in [4.78, 5) is 0. The van der Waals surface area contributed by atoms with E-state index in [1.54, 1.807) is 4.73 Å². The van der Waals surface area contributed by atoms with E-state index in [-0.39, 0.29) is 0 Å². The maximum atomic E-state index is 10.4. The van der Waals surface area contributed by atoms with Crippen molar-refractivity contribution in [2.45, 2.75) is 0 Å². The number of halogens is 3. The van der Waals surface area contributed by atoms with Gasteiger partial charge in [0.25, 0.3) is 0 Å². The Kier molecular flexibility index (Phi) is 1.61. The summed E-state index contributed by atoms with van der Waals surface area (Å²) >= 11 is 0. The standard InChI is InChI=1S/F3O2P/c1-5-6(2,3)4. The minimum absolute atomic E-state index is 1.66. The molecule has 0 saturated heterocycles. The highest BCUT2D eigenvalue weighted by Crippen LogP contribution is 2.50. The first kappa shape index (κ1) is 5.98. The first-order chi connectivity index (χ1) is 2.56.